The first-order valence-electron chi connectivity index (χ1n) is 6.13. The number of nitrogens with one attached hydrogen (secondary N) is 1. The Hall–Kier alpha value is -1.07. The molecule has 0 amide bonds. The van der Waals surface area contributed by atoms with Gasteiger partial charge in [0.2, 0.25) is 0 Å². The SMILES string of the molecule is CCC(N)(CC)CNc1ccc(S(C)(=O)=O)cc1. The molecule has 0 fully saturated rings. The highest BCUT2D eigenvalue weighted by Gasteiger charge is 2.19. The molecular formula is C13H22N2O2S. The van der Waals surface area contributed by atoms with Gasteiger partial charge in [-0.2, -0.15) is 0 Å². The molecular weight excluding hydrogens is 248 g/mol. The van der Waals surface area contributed by atoms with Crippen LogP contribution in [0.1, 0.15) is 26.7 Å². The monoisotopic (exact) mass is 270 g/mol. The van der Waals surface area contributed by atoms with Gasteiger partial charge in [0.15, 0.2) is 9.84 Å². The molecule has 0 heterocycles. The van der Waals surface area contributed by atoms with Crippen LogP contribution in [0, 0.1) is 0 Å². The van der Waals surface area contributed by atoms with Crippen LogP contribution in [-0.4, -0.2) is 26.8 Å². The number of nitrogens with two attached hydrogens (primary N) is 1. The van der Waals surface area contributed by atoms with Gasteiger partial charge in [-0.25, -0.2) is 8.42 Å². The molecule has 5 heteroatoms. The van der Waals surface area contributed by atoms with Crippen molar-refractivity contribution < 1.29 is 8.42 Å². The van der Waals surface area contributed by atoms with Crippen molar-refractivity contribution >= 4 is 15.5 Å². The molecule has 0 aliphatic rings. The summed E-state index contributed by atoms with van der Waals surface area (Å²) in [5, 5.41) is 3.25. The number of sulfone groups is 1. The van der Waals surface area contributed by atoms with E-state index in [4.69, 9.17) is 5.73 Å². The largest absolute Gasteiger partial charge is 0.383 e. The molecule has 0 bridgehead atoms. The van der Waals surface area contributed by atoms with Crippen molar-refractivity contribution in [1.82, 2.24) is 0 Å². The van der Waals surface area contributed by atoms with Gasteiger partial charge in [0.05, 0.1) is 4.90 Å². The molecule has 18 heavy (non-hydrogen) atoms. The Kier molecular flexibility index (Phi) is 4.76. The van der Waals surface area contributed by atoms with Crippen LogP contribution in [0.15, 0.2) is 29.2 Å². The van der Waals surface area contributed by atoms with Gasteiger partial charge in [0.25, 0.3) is 0 Å². The minimum Gasteiger partial charge on any atom is -0.383 e. The van der Waals surface area contributed by atoms with Crippen LogP contribution in [0.5, 0.6) is 0 Å². The third-order valence-electron chi connectivity index (χ3n) is 3.34. The summed E-state index contributed by atoms with van der Waals surface area (Å²) >= 11 is 0. The fraction of sp³-hybridized carbons (Fsp3) is 0.538. The highest BCUT2D eigenvalue weighted by atomic mass is 32.2. The standard InChI is InChI=1S/C13H22N2O2S/c1-4-13(14,5-2)10-15-11-6-8-12(9-7-11)18(3,16)17/h6-9,15H,4-5,10,14H2,1-3H3. The van der Waals surface area contributed by atoms with E-state index in [1.165, 1.54) is 6.26 Å². The Morgan fingerprint density at radius 3 is 2.06 bits per heavy atom. The van der Waals surface area contributed by atoms with Crippen LogP contribution in [-0.2, 0) is 9.84 Å². The number of hydrogen-bond acceptors (Lipinski definition) is 4. The van der Waals surface area contributed by atoms with E-state index in [1.54, 1.807) is 24.3 Å². The maximum atomic E-state index is 11.3. The average Bonchev–Trinajstić information content (AvgIpc) is 2.35. The third-order valence-corrected chi connectivity index (χ3v) is 4.46. The van der Waals surface area contributed by atoms with Crippen molar-refractivity contribution in [3.63, 3.8) is 0 Å². The first kappa shape index (κ1) is 15.0. The normalized spacial score (nSPS) is 12.4. The first-order chi connectivity index (χ1) is 8.30. The van der Waals surface area contributed by atoms with Gasteiger partial charge in [0.1, 0.15) is 0 Å². The minimum atomic E-state index is -3.12. The zero-order chi connectivity index (χ0) is 13.8. The van der Waals surface area contributed by atoms with Crippen molar-refractivity contribution in [3.8, 4) is 0 Å². The first-order valence-corrected chi connectivity index (χ1v) is 8.03. The summed E-state index contributed by atoms with van der Waals surface area (Å²) in [6.07, 6.45) is 3.00. The van der Waals surface area contributed by atoms with E-state index in [0.717, 1.165) is 18.5 Å². The molecule has 1 aromatic rings. The summed E-state index contributed by atoms with van der Waals surface area (Å²) in [5.74, 6) is 0. The predicted octanol–water partition coefficient (Wildman–Crippen LogP) is 2.02. The number of benzene rings is 1. The Morgan fingerprint density at radius 2 is 1.67 bits per heavy atom. The van der Waals surface area contributed by atoms with Crippen molar-refractivity contribution in [1.29, 1.82) is 0 Å². The van der Waals surface area contributed by atoms with E-state index in [2.05, 4.69) is 19.2 Å². The predicted molar refractivity (Wildman–Crippen MR) is 75.5 cm³/mol. The summed E-state index contributed by atoms with van der Waals surface area (Å²) in [7, 11) is -3.12. The molecule has 1 aromatic carbocycles. The summed E-state index contributed by atoms with van der Waals surface area (Å²) in [5.41, 5.74) is 6.86. The van der Waals surface area contributed by atoms with Crippen molar-refractivity contribution in [2.24, 2.45) is 5.73 Å². The Morgan fingerprint density at radius 1 is 1.17 bits per heavy atom. The average molecular weight is 270 g/mol. The number of anilines is 1. The number of hydrogen-bond donors (Lipinski definition) is 2. The van der Waals surface area contributed by atoms with Gasteiger partial charge in [-0.3, -0.25) is 0 Å². The van der Waals surface area contributed by atoms with Crippen molar-refractivity contribution in [3.05, 3.63) is 24.3 Å². The van der Waals surface area contributed by atoms with Crippen LogP contribution in [0.25, 0.3) is 0 Å². The highest BCUT2D eigenvalue weighted by molar-refractivity contribution is 7.90. The van der Waals surface area contributed by atoms with E-state index in [9.17, 15) is 8.42 Å². The van der Waals surface area contributed by atoms with Gasteiger partial charge in [0, 0.05) is 24.0 Å². The maximum absolute atomic E-state index is 11.3. The van der Waals surface area contributed by atoms with Crippen LogP contribution in [0.2, 0.25) is 0 Å². The van der Waals surface area contributed by atoms with Crippen LogP contribution in [0.4, 0.5) is 5.69 Å². The molecule has 0 aliphatic heterocycles. The molecule has 0 saturated heterocycles. The second kappa shape index (κ2) is 5.71. The van der Waals surface area contributed by atoms with Gasteiger partial charge in [-0.05, 0) is 37.1 Å². The second-order valence-electron chi connectivity index (χ2n) is 4.72. The number of rotatable bonds is 6. The lowest BCUT2D eigenvalue weighted by molar-refractivity contribution is 0.418. The van der Waals surface area contributed by atoms with Gasteiger partial charge in [-0.15, -0.1) is 0 Å². The van der Waals surface area contributed by atoms with E-state index in [-0.39, 0.29) is 5.54 Å². The quantitative estimate of drug-likeness (QED) is 0.829. The Labute approximate surface area is 110 Å². The molecule has 0 aromatic heterocycles. The van der Waals surface area contributed by atoms with E-state index < -0.39 is 9.84 Å². The topological polar surface area (TPSA) is 72.2 Å². The zero-order valence-corrected chi connectivity index (χ0v) is 12.0. The zero-order valence-electron chi connectivity index (χ0n) is 11.2. The van der Waals surface area contributed by atoms with Gasteiger partial charge in [-0.1, -0.05) is 13.8 Å². The highest BCUT2D eigenvalue weighted by Crippen LogP contribution is 2.16. The Bertz CT molecular complexity index is 476. The van der Waals surface area contributed by atoms with E-state index >= 15 is 0 Å². The molecule has 102 valence electrons. The molecule has 1 rings (SSSR count). The van der Waals surface area contributed by atoms with Crippen LogP contribution in [0.3, 0.4) is 0 Å². The molecule has 0 spiro atoms. The summed E-state index contributed by atoms with van der Waals surface area (Å²) in [4.78, 5) is 0.332. The lowest BCUT2D eigenvalue weighted by atomic mass is 9.94. The smallest absolute Gasteiger partial charge is 0.175 e. The summed E-state index contributed by atoms with van der Waals surface area (Å²) < 4.78 is 22.6. The molecule has 0 atom stereocenters. The van der Waals surface area contributed by atoms with Crippen LogP contribution < -0.4 is 11.1 Å². The maximum Gasteiger partial charge on any atom is 0.175 e. The molecule has 0 saturated carbocycles. The lowest BCUT2D eigenvalue weighted by Crippen LogP contribution is -2.45. The van der Waals surface area contributed by atoms with Gasteiger partial charge >= 0.3 is 0 Å². The fourth-order valence-electron chi connectivity index (χ4n) is 1.60. The summed E-state index contributed by atoms with van der Waals surface area (Å²) in [6, 6.07) is 6.74. The van der Waals surface area contributed by atoms with E-state index in [0.29, 0.717) is 11.4 Å². The van der Waals surface area contributed by atoms with Crippen LogP contribution >= 0.6 is 0 Å². The Balaban J connectivity index is 2.71. The molecule has 0 aliphatic carbocycles. The van der Waals surface area contributed by atoms with Crippen molar-refractivity contribution in [2.75, 3.05) is 18.1 Å². The molecule has 0 radical (unpaired) electrons. The molecule has 4 nitrogen and oxygen atoms in total. The lowest BCUT2D eigenvalue weighted by Gasteiger charge is -2.27. The minimum absolute atomic E-state index is 0.213. The molecule has 3 N–H and O–H groups in total. The third kappa shape index (κ3) is 3.99. The second-order valence-corrected chi connectivity index (χ2v) is 6.74. The van der Waals surface area contributed by atoms with Crippen molar-refractivity contribution in [2.45, 2.75) is 37.1 Å². The molecule has 0 unspecified atom stereocenters. The summed E-state index contributed by atoms with van der Waals surface area (Å²) in [6.45, 7) is 4.81. The fourth-order valence-corrected chi connectivity index (χ4v) is 2.23. The van der Waals surface area contributed by atoms with E-state index in [1.807, 2.05) is 0 Å². The van der Waals surface area contributed by atoms with Gasteiger partial charge < -0.3 is 11.1 Å².